The monoisotopic (exact) mass is 579 g/mol. The van der Waals surface area contributed by atoms with Crippen molar-refractivity contribution < 1.29 is 13.9 Å². The van der Waals surface area contributed by atoms with Crippen LogP contribution in [-0.4, -0.2) is 51.8 Å². The molecule has 1 saturated heterocycles. The number of aliphatic hydroxyl groups excluding tert-OH is 1. The summed E-state index contributed by atoms with van der Waals surface area (Å²) < 4.78 is 29.4. The minimum absolute atomic E-state index is 0.0360. The Morgan fingerprint density at radius 1 is 1.05 bits per heavy atom. The van der Waals surface area contributed by atoms with E-state index in [-0.39, 0.29) is 29.8 Å². The van der Waals surface area contributed by atoms with Crippen LogP contribution < -0.4 is 10.5 Å². The number of anilines is 1. The summed E-state index contributed by atoms with van der Waals surface area (Å²) in [5, 5.41) is 20.4. The Hall–Kier alpha value is -3.65. The Labute approximate surface area is 226 Å². The predicted molar refractivity (Wildman–Crippen MR) is 144 cm³/mol. The van der Waals surface area contributed by atoms with Crippen LogP contribution >= 0.6 is 15.9 Å². The highest BCUT2D eigenvalue weighted by Crippen LogP contribution is 2.35. The number of rotatable bonds is 5. The molecule has 3 heterocycles. The van der Waals surface area contributed by atoms with Gasteiger partial charge in [0.15, 0.2) is 0 Å². The number of hydrogen-bond donors (Lipinski definition) is 1. The third kappa shape index (κ3) is 4.69. The lowest BCUT2D eigenvalue weighted by atomic mass is 9.95. The quantitative estimate of drug-likeness (QED) is 0.358. The van der Waals surface area contributed by atoms with Crippen molar-refractivity contribution in [2.24, 2.45) is 7.05 Å². The third-order valence-electron chi connectivity index (χ3n) is 7.04. The zero-order chi connectivity index (χ0) is 27.0. The number of aryl methyl sites for hydroxylation is 1. The molecule has 1 fully saturated rings. The maximum Gasteiger partial charge on any atom is 0.270 e. The lowest BCUT2D eigenvalue weighted by Crippen LogP contribution is -2.56. The summed E-state index contributed by atoms with van der Waals surface area (Å²) in [6.45, 7) is 0.998. The Morgan fingerprint density at radius 2 is 1.66 bits per heavy atom. The van der Waals surface area contributed by atoms with Crippen LogP contribution in [0.15, 0.2) is 70.1 Å². The number of fused-ring (bicyclic) bond motifs is 1. The summed E-state index contributed by atoms with van der Waals surface area (Å²) in [5.74, 6) is -0.713. The van der Waals surface area contributed by atoms with Crippen LogP contribution in [0.25, 0.3) is 11.0 Å². The van der Waals surface area contributed by atoms with Gasteiger partial charge in [-0.2, -0.15) is 5.26 Å². The van der Waals surface area contributed by atoms with E-state index >= 15 is 0 Å². The highest BCUT2D eigenvalue weighted by Gasteiger charge is 2.35. The summed E-state index contributed by atoms with van der Waals surface area (Å²) in [6, 6.07) is 17.1. The first kappa shape index (κ1) is 26.0. The molecule has 0 aliphatic carbocycles. The Bertz CT molecular complexity index is 1540. The predicted octanol–water partition coefficient (Wildman–Crippen LogP) is 4.12. The molecule has 194 valence electrons. The van der Waals surface area contributed by atoms with E-state index in [0.29, 0.717) is 41.0 Å². The van der Waals surface area contributed by atoms with Gasteiger partial charge >= 0.3 is 0 Å². The van der Waals surface area contributed by atoms with Crippen molar-refractivity contribution in [2.45, 2.75) is 12.1 Å². The lowest BCUT2D eigenvalue weighted by Gasteiger charge is -2.45. The standard InChI is InChI=1S/C28H24BrF2N5O2/c1-34-23-10-11-24(29)33-25(23)27(22(14-32)28(34)38)36-13-12-35(15-21(36)16-37)26(17-2-6-19(30)7-3-17)18-4-8-20(31)9-5-18/h2-11,21,26,37H,12-13,15-16H2,1H3. The van der Waals surface area contributed by atoms with Crippen molar-refractivity contribution in [2.75, 3.05) is 31.1 Å². The second kappa shape index (κ2) is 10.6. The number of benzene rings is 2. The molecule has 1 aliphatic rings. The van der Waals surface area contributed by atoms with Gasteiger partial charge in [-0.05, 0) is 63.5 Å². The summed E-state index contributed by atoms with van der Waals surface area (Å²) in [6.07, 6.45) is 0. The first-order valence-electron chi connectivity index (χ1n) is 12.0. The highest BCUT2D eigenvalue weighted by atomic mass is 79.9. The van der Waals surface area contributed by atoms with Gasteiger partial charge in [-0.1, -0.05) is 24.3 Å². The number of nitrogens with zero attached hydrogens (tertiary/aromatic N) is 5. The molecule has 7 nitrogen and oxygen atoms in total. The van der Waals surface area contributed by atoms with Gasteiger partial charge < -0.3 is 14.6 Å². The fourth-order valence-corrected chi connectivity index (χ4v) is 5.53. The van der Waals surface area contributed by atoms with E-state index in [4.69, 9.17) is 0 Å². The first-order chi connectivity index (χ1) is 18.3. The fourth-order valence-electron chi connectivity index (χ4n) is 5.22. The second-order valence-electron chi connectivity index (χ2n) is 9.23. The smallest absolute Gasteiger partial charge is 0.270 e. The number of piperazine rings is 1. The second-order valence-corrected chi connectivity index (χ2v) is 10.0. The average Bonchev–Trinajstić information content (AvgIpc) is 2.92. The molecule has 2 aromatic carbocycles. The zero-order valence-electron chi connectivity index (χ0n) is 20.5. The first-order valence-corrected chi connectivity index (χ1v) is 12.8. The molecule has 0 spiro atoms. The molecule has 1 N–H and O–H groups in total. The lowest BCUT2D eigenvalue weighted by molar-refractivity contribution is 0.145. The van der Waals surface area contributed by atoms with E-state index in [1.54, 1.807) is 43.4 Å². The molecular weight excluding hydrogens is 556 g/mol. The molecule has 5 rings (SSSR count). The molecule has 4 aromatic rings. The number of halogens is 3. The molecule has 0 bridgehead atoms. The Balaban J connectivity index is 1.58. The van der Waals surface area contributed by atoms with Crippen molar-refractivity contribution in [3.8, 4) is 6.07 Å². The third-order valence-corrected chi connectivity index (χ3v) is 7.48. The molecule has 0 saturated carbocycles. The number of aliphatic hydroxyl groups is 1. The Kier molecular flexibility index (Phi) is 7.25. The maximum atomic E-state index is 13.7. The van der Waals surface area contributed by atoms with Gasteiger partial charge in [0.2, 0.25) is 0 Å². The van der Waals surface area contributed by atoms with Crippen LogP contribution in [0, 0.1) is 23.0 Å². The van der Waals surface area contributed by atoms with E-state index < -0.39 is 11.6 Å². The molecule has 38 heavy (non-hydrogen) atoms. The van der Waals surface area contributed by atoms with Crippen molar-refractivity contribution in [1.82, 2.24) is 14.5 Å². The molecule has 1 aliphatic heterocycles. The molecule has 0 radical (unpaired) electrons. The van der Waals surface area contributed by atoms with Gasteiger partial charge in [0, 0.05) is 26.7 Å². The van der Waals surface area contributed by atoms with Gasteiger partial charge in [0.25, 0.3) is 5.56 Å². The van der Waals surface area contributed by atoms with Crippen molar-refractivity contribution in [3.05, 3.63) is 104 Å². The van der Waals surface area contributed by atoms with Gasteiger partial charge in [0.05, 0.1) is 29.9 Å². The highest BCUT2D eigenvalue weighted by molar-refractivity contribution is 9.10. The number of hydrogen-bond acceptors (Lipinski definition) is 6. The van der Waals surface area contributed by atoms with E-state index in [2.05, 4.69) is 31.9 Å². The van der Waals surface area contributed by atoms with Gasteiger partial charge in [-0.15, -0.1) is 0 Å². The fraction of sp³-hybridized carbons (Fsp3) is 0.250. The normalized spacial score (nSPS) is 16.2. The zero-order valence-corrected chi connectivity index (χ0v) is 22.1. The van der Waals surface area contributed by atoms with Crippen molar-refractivity contribution in [1.29, 1.82) is 5.26 Å². The molecule has 1 unspecified atom stereocenters. The minimum Gasteiger partial charge on any atom is -0.394 e. The van der Waals surface area contributed by atoms with Crippen molar-refractivity contribution >= 4 is 32.7 Å². The van der Waals surface area contributed by atoms with Gasteiger partial charge in [-0.3, -0.25) is 9.69 Å². The molecule has 10 heteroatoms. The van der Waals surface area contributed by atoms with Crippen LogP contribution in [-0.2, 0) is 7.05 Å². The minimum atomic E-state index is -0.477. The van der Waals surface area contributed by atoms with Crippen LogP contribution in [0.5, 0.6) is 0 Å². The summed E-state index contributed by atoms with van der Waals surface area (Å²) in [7, 11) is 1.60. The van der Waals surface area contributed by atoms with E-state index in [1.807, 2.05) is 4.90 Å². The van der Waals surface area contributed by atoms with Crippen LogP contribution in [0.3, 0.4) is 0 Å². The largest absolute Gasteiger partial charge is 0.394 e. The summed E-state index contributed by atoms with van der Waals surface area (Å²) in [5.41, 5.74) is 2.63. The Morgan fingerprint density at radius 3 is 2.21 bits per heavy atom. The van der Waals surface area contributed by atoms with E-state index in [9.17, 15) is 23.9 Å². The van der Waals surface area contributed by atoms with Crippen LogP contribution in [0.1, 0.15) is 22.7 Å². The van der Waals surface area contributed by atoms with Gasteiger partial charge in [-0.25, -0.2) is 13.8 Å². The SMILES string of the molecule is Cn1c(=O)c(C#N)c(N2CCN(C(c3ccc(F)cc3)c3ccc(F)cc3)CC2CO)c2nc(Br)ccc21. The van der Waals surface area contributed by atoms with Crippen LogP contribution in [0.2, 0.25) is 0 Å². The van der Waals surface area contributed by atoms with Crippen LogP contribution in [0.4, 0.5) is 14.5 Å². The summed E-state index contributed by atoms with van der Waals surface area (Å²) in [4.78, 5) is 21.7. The van der Waals surface area contributed by atoms with E-state index in [0.717, 1.165) is 11.1 Å². The summed E-state index contributed by atoms with van der Waals surface area (Å²) >= 11 is 3.39. The molecule has 1 atom stereocenters. The molecule has 0 amide bonds. The number of pyridine rings is 2. The number of nitriles is 1. The number of aromatic nitrogens is 2. The maximum absolute atomic E-state index is 13.7. The van der Waals surface area contributed by atoms with Crippen molar-refractivity contribution in [3.63, 3.8) is 0 Å². The molecule has 2 aromatic heterocycles. The topological polar surface area (TPSA) is 85.4 Å². The van der Waals surface area contributed by atoms with Gasteiger partial charge in [0.1, 0.15) is 33.4 Å². The van der Waals surface area contributed by atoms with E-state index in [1.165, 1.54) is 28.8 Å². The molecular formula is C28H24BrF2N5O2. The average molecular weight is 580 g/mol.